The summed E-state index contributed by atoms with van der Waals surface area (Å²) in [4.78, 5) is 14.0. The number of carbonyl (C=O) groups is 1. The van der Waals surface area contributed by atoms with Gasteiger partial charge in [0.2, 0.25) is 5.91 Å². The van der Waals surface area contributed by atoms with Crippen LogP contribution < -0.4 is 11.1 Å². The highest BCUT2D eigenvalue weighted by Gasteiger charge is 2.29. The molecule has 1 saturated heterocycles. The summed E-state index contributed by atoms with van der Waals surface area (Å²) in [6.07, 6.45) is 4.34. The highest BCUT2D eigenvalue weighted by atomic mass is 35.5. The quantitative estimate of drug-likeness (QED) is 0.764. The highest BCUT2D eigenvalue weighted by molar-refractivity contribution is 5.85. The molecule has 94 valence electrons. The monoisotopic (exact) mass is 247 g/mol. The lowest BCUT2D eigenvalue weighted by Gasteiger charge is -2.33. The fraction of sp³-hybridized carbons (Fsp3) is 0.909. The maximum atomic E-state index is 11.8. The number of hydrogen-bond donors (Lipinski definition) is 2. The van der Waals surface area contributed by atoms with Gasteiger partial charge in [-0.25, -0.2) is 0 Å². The maximum absolute atomic E-state index is 11.8. The van der Waals surface area contributed by atoms with E-state index in [1.165, 1.54) is 0 Å². The molecule has 0 bridgehead atoms. The molecule has 16 heavy (non-hydrogen) atoms. The second-order valence-electron chi connectivity index (χ2n) is 4.83. The van der Waals surface area contributed by atoms with E-state index in [9.17, 15) is 4.79 Å². The van der Waals surface area contributed by atoms with Crippen molar-refractivity contribution in [3.63, 3.8) is 0 Å². The van der Waals surface area contributed by atoms with Crippen LogP contribution in [0.5, 0.6) is 0 Å². The number of nitrogens with two attached hydrogens (primary N) is 1. The molecule has 1 amide bonds. The number of nitrogens with one attached hydrogen (secondary N) is 1. The zero-order chi connectivity index (χ0) is 10.8. The van der Waals surface area contributed by atoms with Crippen molar-refractivity contribution in [1.82, 2.24) is 10.2 Å². The van der Waals surface area contributed by atoms with Crippen molar-refractivity contribution in [2.45, 2.75) is 50.7 Å². The van der Waals surface area contributed by atoms with Gasteiger partial charge >= 0.3 is 0 Å². The first-order chi connectivity index (χ1) is 7.16. The maximum Gasteiger partial charge on any atom is 0.237 e. The summed E-state index contributed by atoms with van der Waals surface area (Å²) in [6, 6.07) is 0.810. The van der Waals surface area contributed by atoms with Gasteiger partial charge in [0, 0.05) is 25.2 Å². The summed E-state index contributed by atoms with van der Waals surface area (Å²) in [5.74, 6) is 0.188. The number of piperidine rings is 1. The lowest BCUT2D eigenvalue weighted by molar-refractivity contribution is -0.126. The minimum Gasteiger partial charge on any atom is -0.352 e. The van der Waals surface area contributed by atoms with Crippen molar-refractivity contribution in [2.24, 2.45) is 5.73 Å². The number of amides is 1. The second-order valence-corrected chi connectivity index (χ2v) is 4.83. The molecule has 0 aromatic heterocycles. The van der Waals surface area contributed by atoms with Crippen LogP contribution in [0, 0.1) is 0 Å². The van der Waals surface area contributed by atoms with E-state index in [1.807, 2.05) is 6.92 Å². The summed E-state index contributed by atoms with van der Waals surface area (Å²) in [5.41, 5.74) is 5.84. The van der Waals surface area contributed by atoms with Crippen LogP contribution in [-0.2, 0) is 4.79 Å². The molecular weight excluding hydrogens is 226 g/mol. The van der Waals surface area contributed by atoms with Crippen LogP contribution in [0.15, 0.2) is 0 Å². The molecule has 1 aliphatic carbocycles. The van der Waals surface area contributed by atoms with Gasteiger partial charge in [0.15, 0.2) is 0 Å². The smallest absolute Gasteiger partial charge is 0.237 e. The molecule has 1 unspecified atom stereocenters. The Morgan fingerprint density at radius 1 is 1.31 bits per heavy atom. The zero-order valence-corrected chi connectivity index (χ0v) is 10.6. The largest absolute Gasteiger partial charge is 0.352 e. The van der Waals surface area contributed by atoms with Crippen molar-refractivity contribution < 1.29 is 4.79 Å². The third-order valence-corrected chi connectivity index (χ3v) is 3.43. The summed E-state index contributed by atoms with van der Waals surface area (Å²) < 4.78 is 0. The van der Waals surface area contributed by atoms with Crippen LogP contribution in [-0.4, -0.2) is 42.0 Å². The summed E-state index contributed by atoms with van der Waals surface area (Å²) in [5, 5.41) is 3.05. The fourth-order valence-corrected chi connectivity index (χ4v) is 2.02. The molecule has 0 aromatic rings. The molecule has 2 rings (SSSR count). The Labute approximate surface area is 103 Å². The van der Waals surface area contributed by atoms with Crippen molar-refractivity contribution in [3.05, 3.63) is 0 Å². The molecule has 1 saturated carbocycles. The molecule has 1 heterocycles. The van der Waals surface area contributed by atoms with Gasteiger partial charge in [0.1, 0.15) is 0 Å². The van der Waals surface area contributed by atoms with E-state index in [-0.39, 0.29) is 24.4 Å². The standard InChI is InChI=1S/C11H21N3O.ClH/c1-8(11(15)13-10-2-3-10)14-6-4-9(12)5-7-14;/h8-10H,2-7,12H2,1H3,(H,13,15);1H. The Bertz CT molecular complexity index is 237. The predicted molar refractivity (Wildman–Crippen MR) is 66.7 cm³/mol. The van der Waals surface area contributed by atoms with E-state index in [2.05, 4.69) is 10.2 Å². The second kappa shape index (κ2) is 5.84. The number of likely N-dealkylation sites (tertiary alicyclic amines) is 1. The first kappa shape index (κ1) is 13.7. The zero-order valence-electron chi connectivity index (χ0n) is 9.82. The highest BCUT2D eigenvalue weighted by Crippen LogP contribution is 2.19. The lowest BCUT2D eigenvalue weighted by atomic mass is 10.0. The minimum absolute atomic E-state index is 0. The molecule has 4 nitrogen and oxygen atoms in total. The molecular formula is C11H22ClN3O. The van der Waals surface area contributed by atoms with Crippen LogP contribution in [0.2, 0.25) is 0 Å². The van der Waals surface area contributed by atoms with E-state index < -0.39 is 0 Å². The topological polar surface area (TPSA) is 58.4 Å². The molecule has 0 radical (unpaired) electrons. The van der Waals surface area contributed by atoms with E-state index >= 15 is 0 Å². The number of rotatable bonds is 3. The number of hydrogen-bond acceptors (Lipinski definition) is 3. The third-order valence-electron chi connectivity index (χ3n) is 3.43. The Hall–Kier alpha value is -0.320. The van der Waals surface area contributed by atoms with E-state index in [0.29, 0.717) is 12.1 Å². The molecule has 1 aliphatic heterocycles. The summed E-state index contributed by atoms with van der Waals surface area (Å²) in [6.45, 7) is 3.91. The number of carbonyl (C=O) groups excluding carboxylic acids is 1. The SMILES string of the molecule is CC(C(=O)NC1CC1)N1CCC(N)CC1.Cl. The minimum atomic E-state index is 0. The lowest BCUT2D eigenvalue weighted by Crippen LogP contribution is -2.50. The molecule has 2 fully saturated rings. The van der Waals surface area contributed by atoms with Crippen LogP contribution in [0.4, 0.5) is 0 Å². The Morgan fingerprint density at radius 3 is 2.38 bits per heavy atom. The number of halogens is 1. The molecule has 5 heteroatoms. The van der Waals surface area contributed by atoms with E-state index in [0.717, 1.165) is 38.8 Å². The first-order valence-electron chi connectivity index (χ1n) is 5.97. The van der Waals surface area contributed by atoms with Gasteiger partial charge in [-0.05, 0) is 32.6 Å². The van der Waals surface area contributed by atoms with Crippen LogP contribution in [0.25, 0.3) is 0 Å². The fourth-order valence-electron chi connectivity index (χ4n) is 2.02. The van der Waals surface area contributed by atoms with E-state index in [1.54, 1.807) is 0 Å². The Balaban J connectivity index is 0.00000128. The molecule has 0 spiro atoms. The van der Waals surface area contributed by atoms with E-state index in [4.69, 9.17) is 5.73 Å². The first-order valence-corrected chi connectivity index (χ1v) is 5.97. The Kier molecular flexibility index (Phi) is 5.02. The molecule has 3 N–H and O–H groups in total. The van der Waals surface area contributed by atoms with Crippen molar-refractivity contribution in [2.75, 3.05) is 13.1 Å². The van der Waals surface area contributed by atoms with Gasteiger partial charge in [-0.15, -0.1) is 12.4 Å². The third kappa shape index (κ3) is 3.61. The summed E-state index contributed by atoms with van der Waals surface area (Å²) in [7, 11) is 0. The number of nitrogens with zero attached hydrogens (tertiary/aromatic N) is 1. The van der Waals surface area contributed by atoms with Crippen LogP contribution >= 0.6 is 12.4 Å². The van der Waals surface area contributed by atoms with Gasteiger partial charge in [0.05, 0.1) is 6.04 Å². The predicted octanol–water partition coefficient (Wildman–Crippen LogP) is 0.498. The molecule has 1 atom stereocenters. The van der Waals surface area contributed by atoms with Crippen molar-refractivity contribution >= 4 is 18.3 Å². The normalized spacial score (nSPS) is 24.6. The molecule has 0 aromatic carbocycles. The van der Waals surface area contributed by atoms with Crippen molar-refractivity contribution in [1.29, 1.82) is 0 Å². The molecule has 2 aliphatic rings. The van der Waals surface area contributed by atoms with Gasteiger partial charge in [-0.1, -0.05) is 0 Å². The van der Waals surface area contributed by atoms with Gasteiger partial charge in [0.25, 0.3) is 0 Å². The van der Waals surface area contributed by atoms with Crippen molar-refractivity contribution in [3.8, 4) is 0 Å². The Morgan fingerprint density at radius 2 is 1.88 bits per heavy atom. The average molecular weight is 248 g/mol. The van der Waals surface area contributed by atoms with Gasteiger partial charge < -0.3 is 11.1 Å². The van der Waals surface area contributed by atoms with Gasteiger partial charge in [-0.2, -0.15) is 0 Å². The van der Waals surface area contributed by atoms with Gasteiger partial charge in [-0.3, -0.25) is 9.69 Å². The van der Waals surface area contributed by atoms with Crippen LogP contribution in [0.1, 0.15) is 32.6 Å². The summed E-state index contributed by atoms with van der Waals surface area (Å²) >= 11 is 0. The average Bonchev–Trinajstić information content (AvgIpc) is 3.02. The van der Waals surface area contributed by atoms with Crippen LogP contribution in [0.3, 0.4) is 0 Å².